The van der Waals surface area contributed by atoms with Crippen LogP contribution in [0.5, 0.6) is 11.6 Å². The Kier molecular flexibility index (Phi) is 5.09. The smallest absolute Gasteiger partial charge is 0.233 e. The van der Waals surface area contributed by atoms with Crippen molar-refractivity contribution < 1.29 is 9.26 Å². The van der Waals surface area contributed by atoms with E-state index in [2.05, 4.69) is 44.0 Å². The van der Waals surface area contributed by atoms with E-state index in [1.807, 2.05) is 23.7 Å². The summed E-state index contributed by atoms with van der Waals surface area (Å²) in [5, 5.41) is 9.55. The van der Waals surface area contributed by atoms with E-state index < -0.39 is 0 Å². The average Bonchev–Trinajstić information content (AvgIpc) is 3.44. The summed E-state index contributed by atoms with van der Waals surface area (Å²) < 4.78 is 13.5. The van der Waals surface area contributed by atoms with Gasteiger partial charge in [0.15, 0.2) is 17.2 Å². The summed E-state index contributed by atoms with van der Waals surface area (Å²) in [6.07, 6.45) is 8.97. The molecule has 4 aromatic heterocycles. The first-order chi connectivity index (χ1) is 15.1. The average molecular weight is 419 g/mol. The molecule has 0 aromatic carbocycles. The largest absolute Gasteiger partial charge is 0.436 e. The molecule has 0 spiro atoms. The van der Waals surface area contributed by atoms with Crippen LogP contribution in [0.2, 0.25) is 0 Å². The van der Waals surface area contributed by atoms with Crippen LogP contribution in [0, 0.1) is 6.92 Å². The minimum absolute atomic E-state index is 0.268. The predicted molar refractivity (Wildman–Crippen MR) is 113 cm³/mol. The summed E-state index contributed by atoms with van der Waals surface area (Å²) in [5.41, 5.74) is 1.59. The van der Waals surface area contributed by atoms with Crippen LogP contribution >= 0.6 is 0 Å². The minimum Gasteiger partial charge on any atom is -0.436 e. The van der Waals surface area contributed by atoms with Gasteiger partial charge in [-0.05, 0) is 44.7 Å². The molecule has 0 unspecified atom stereocenters. The summed E-state index contributed by atoms with van der Waals surface area (Å²) in [4.78, 5) is 17.7. The molecular formula is C22H25N7O2. The molecule has 4 heterocycles. The summed E-state index contributed by atoms with van der Waals surface area (Å²) in [7, 11) is 0. The van der Waals surface area contributed by atoms with Crippen LogP contribution in [0.25, 0.3) is 11.0 Å². The third-order valence-electron chi connectivity index (χ3n) is 5.89. The van der Waals surface area contributed by atoms with Gasteiger partial charge in [0, 0.05) is 18.0 Å². The number of hydrogen-bond donors (Lipinski definition) is 0. The molecule has 0 aliphatic heterocycles. The fourth-order valence-electron chi connectivity index (χ4n) is 4.09. The molecule has 160 valence electrons. The summed E-state index contributed by atoms with van der Waals surface area (Å²) in [6, 6.07) is 3.99. The van der Waals surface area contributed by atoms with Crippen LogP contribution in [0.4, 0.5) is 0 Å². The van der Waals surface area contributed by atoms with Gasteiger partial charge in [-0.1, -0.05) is 19.0 Å². The van der Waals surface area contributed by atoms with E-state index in [0.29, 0.717) is 17.5 Å². The fourth-order valence-corrected chi connectivity index (χ4v) is 4.09. The second-order valence-corrected chi connectivity index (χ2v) is 8.35. The first-order valence-corrected chi connectivity index (χ1v) is 10.7. The highest BCUT2D eigenvalue weighted by molar-refractivity contribution is 5.80. The van der Waals surface area contributed by atoms with Crippen molar-refractivity contribution in [3.05, 3.63) is 48.3 Å². The molecule has 31 heavy (non-hydrogen) atoms. The number of aromatic nitrogens is 7. The van der Waals surface area contributed by atoms with Gasteiger partial charge in [0.05, 0.1) is 17.9 Å². The van der Waals surface area contributed by atoms with Gasteiger partial charge in [0.1, 0.15) is 11.7 Å². The molecule has 0 bridgehead atoms. The molecule has 0 atom stereocenters. The number of pyridine rings is 1. The van der Waals surface area contributed by atoms with Crippen LogP contribution in [-0.4, -0.2) is 34.9 Å². The van der Waals surface area contributed by atoms with Crippen LogP contribution < -0.4 is 4.74 Å². The Hall–Kier alpha value is -3.36. The van der Waals surface area contributed by atoms with Gasteiger partial charge in [-0.2, -0.15) is 10.1 Å². The van der Waals surface area contributed by atoms with E-state index in [0.717, 1.165) is 54.1 Å². The number of rotatable bonds is 5. The first kappa shape index (κ1) is 19.6. The van der Waals surface area contributed by atoms with Crippen molar-refractivity contribution >= 4 is 11.0 Å². The molecule has 4 aromatic rings. The molecule has 0 saturated heterocycles. The normalized spacial score (nSPS) is 19.2. The van der Waals surface area contributed by atoms with Gasteiger partial charge in [-0.25, -0.2) is 14.6 Å². The van der Waals surface area contributed by atoms with Crippen LogP contribution in [0.3, 0.4) is 0 Å². The summed E-state index contributed by atoms with van der Waals surface area (Å²) in [6.45, 7) is 6.05. The third kappa shape index (κ3) is 3.75. The monoisotopic (exact) mass is 419 g/mol. The van der Waals surface area contributed by atoms with E-state index in [1.54, 1.807) is 12.4 Å². The topological polar surface area (TPSA) is 105 Å². The van der Waals surface area contributed by atoms with E-state index >= 15 is 0 Å². The van der Waals surface area contributed by atoms with Crippen molar-refractivity contribution in [2.24, 2.45) is 0 Å². The lowest BCUT2D eigenvalue weighted by atomic mass is 9.86. The maximum absolute atomic E-state index is 6.02. The number of fused-ring (bicyclic) bond motifs is 1. The molecule has 1 fully saturated rings. The van der Waals surface area contributed by atoms with E-state index in [-0.39, 0.29) is 12.0 Å². The molecule has 9 heteroatoms. The lowest BCUT2D eigenvalue weighted by molar-refractivity contribution is 0.263. The molecule has 0 N–H and O–H groups in total. The highest BCUT2D eigenvalue weighted by Gasteiger charge is 2.29. The predicted octanol–water partition coefficient (Wildman–Crippen LogP) is 4.73. The van der Waals surface area contributed by atoms with Gasteiger partial charge < -0.3 is 9.26 Å². The second kappa shape index (κ2) is 8.05. The summed E-state index contributed by atoms with van der Waals surface area (Å²) >= 11 is 0. The Balaban J connectivity index is 1.34. The Morgan fingerprint density at radius 3 is 2.71 bits per heavy atom. The number of ether oxygens (including phenoxy) is 1. The SMILES string of the molecule is Cc1ncccc1Oc1ncnc2c1cnn2C1CCC(c2nc(C(C)C)no2)CC1. The zero-order valence-corrected chi connectivity index (χ0v) is 17.9. The zero-order valence-electron chi connectivity index (χ0n) is 17.9. The number of nitrogens with zero attached hydrogens (tertiary/aromatic N) is 7. The van der Waals surface area contributed by atoms with Gasteiger partial charge in [0.2, 0.25) is 11.8 Å². The molecule has 0 amide bonds. The molecule has 1 aliphatic carbocycles. The standard InChI is InChI=1S/C22H25N7O2/c1-13(2)19-27-21(31-28-19)15-6-8-16(9-7-15)29-20-17(11-26-29)22(25-12-24-20)30-18-5-4-10-23-14(18)3/h4-5,10-13,15-16H,6-9H2,1-3H3. The Labute approximate surface area is 179 Å². The minimum atomic E-state index is 0.268. The van der Waals surface area contributed by atoms with Crippen molar-refractivity contribution in [3.63, 3.8) is 0 Å². The van der Waals surface area contributed by atoms with Crippen LogP contribution in [-0.2, 0) is 0 Å². The van der Waals surface area contributed by atoms with E-state index in [4.69, 9.17) is 9.26 Å². The molecule has 5 rings (SSSR count). The second-order valence-electron chi connectivity index (χ2n) is 8.35. The molecule has 1 aliphatic rings. The Morgan fingerprint density at radius 2 is 1.97 bits per heavy atom. The Bertz CT molecular complexity index is 1190. The summed E-state index contributed by atoms with van der Waals surface area (Å²) in [5.74, 6) is 3.29. The van der Waals surface area contributed by atoms with Gasteiger partial charge >= 0.3 is 0 Å². The molecule has 9 nitrogen and oxygen atoms in total. The number of aryl methyl sites for hydroxylation is 1. The molecule has 1 saturated carbocycles. The van der Waals surface area contributed by atoms with Gasteiger partial charge in [-0.15, -0.1) is 0 Å². The third-order valence-corrected chi connectivity index (χ3v) is 5.89. The Morgan fingerprint density at radius 1 is 1.13 bits per heavy atom. The van der Waals surface area contributed by atoms with Crippen molar-refractivity contribution in [2.45, 2.75) is 64.3 Å². The molecule has 0 radical (unpaired) electrons. The van der Waals surface area contributed by atoms with Crippen molar-refractivity contribution in [3.8, 4) is 11.6 Å². The van der Waals surface area contributed by atoms with E-state index in [1.165, 1.54) is 6.33 Å². The maximum atomic E-state index is 6.02. The quantitative estimate of drug-likeness (QED) is 0.457. The highest BCUT2D eigenvalue weighted by atomic mass is 16.5. The lowest BCUT2D eigenvalue weighted by Crippen LogP contribution is -2.18. The fraction of sp³-hybridized carbons (Fsp3) is 0.455. The van der Waals surface area contributed by atoms with Crippen molar-refractivity contribution in [1.29, 1.82) is 0 Å². The van der Waals surface area contributed by atoms with Gasteiger partial charge in [0.25, 0.3) is 0 Å². The highest BCUT2D eigenvalue weighted by Crippen LogP contribution is 2.39. The first-order valence-electron chi connectivity index (χ1n) is 10.7. The van der Waals surface area contributed by atoms with Gasteiger partial charge in [-0.3, -0.25) is 4.98 Å². The van der Waals surface area contributed by atoms with E-state index in [9.17, 15) is 0 Å². The van der Waals surface area contributed by atoms with Crippen molar-refractivity contribution in [2.75, 3.05) is 0 Å². The van der Waals surface area contributed by atoms with Crippen LogP contribution in [0.1, 0.15) is 74.8 Å². The van der Waals surface area contributed by atoms with Crippen molar-refractivity contribution in [1.82, 2.24) is 34.9 Å². The number of hydrogen-bond acceptors (Lipinski definition) is 8. The molecular weight excluding hydrogens is 394 g/mol. The maximum Gasteiger partial charge on any atom is 0.233 e. The van der Waals surface area contributed by atoms with Crippen LogP contribution in [0.15, 0.2) is 35.4 Å². The lowest BCUT2D eigenvalue weighted by Gasteiger charge is -2.26. The zero-order chi connectivity index (χ0) is 21.4.